The molecule has 0 unspecified atom stereocenters. The maximum Gasteiger partial charge on any atom is 0.389 e. The number of nitrogens with zero attached hydrogens (tertiary/aromatic N) is 1. The summed E-state index contributed by atoms with van der Waals surface area (Å²) < 4.78 is 36.9. The molecule has 0 radical (unpaired) electrons. The van der Waals surface area contributed by atoms with Gasteiger partial charge in [-0.3, -0.25) is 4.99 Å². The van der Waals surface area contributed by atoms with Crippen molar-refractivity contribution in [2.24, 2.45) is 4.99 Å². The van der Waals surface area contributed by atoms with Crippen molar-refractivity contribution in [1.29, 1.82) is 5.41 Å². The molecule has 8 heteroatoms. The molecule has 2 rings (SSSR count). The van der Waals surface area contributed by atoms with Crippen molar-refractivity contribution in [2.75, 3.05) is 5.73 Å². The molecule has 0 aliphatic carbocycles. The second kappa shape index (κ2) is 10.5. The predicted molar refractivity (Wildman–Crippen MR) is 107 cm³/mol. The molecule has 0 aromatic carbocycles. The molecule has 3 nitrogen and oxygen atoms in total. The first-order valence-electron chi connectivity index (χ1n) is 8.34. The molecule has 0 saturated heterocycles. The van der Waals surface area contributed by atoms with E-state index in [1.807, 2.05) is 31.4 Å². The fraction of sp³-hybridized carbons (Fsp3) is 0.444. The highest BCUT2D eigenvalue weighted by Crippen LogP contribution is 2.33. The molecule has 26 heavy (non-hydrogen) atoms. The Hall–Kier alpha value is -1.67. The van der Waals surface area contributed by atoms with Gasteiger partial charge in [0, 0.05) is 22.4 Å². The second-order valence-corrected chi connectivity index (χ2v) is 7.42. The van der Waals surface area contributed by atoms with Crippen molar-refractivity contribution in [3.8, 4) is 0 Å². The van der Waals surface area contributed by atoms with E-state index >= 15 is 0 Å². The quantitative estimate of drug-likeness (QED) is 0.527. The van der Waals surface area contributed by atoms with Crippen LogP contribution in [0, 0.1) is 12.3 Å². The average molecular weight is 404 g/mol. The summed E-state index contributed by atoms with van der Waals surface area (Å²) in [7, 11) is 0. The van der Waals surface area contributed by atoms with Crippen LogP contribution in [-0.4, -0.2) is 18.1 Å². The van der Waals surface area contributed by atoms with Gasteiger partial charge in [0.05, 0.1) is 22.8 Å². The van der Waals surface area contributed by atoms with E-state index in [-0.39, 0.29) is 6.42 Å². The molecule has 3 N–H and O–H groups in total. The number of nitrogen functional groups attached to an aromatic ring is 1. The Bertz CT molecular complexity index is 717. The summed E-state index contributed by atoms with van der Waals surface area (Å²) in [4.78, 5) is 7.00. The third-order valence-corrected chi connectivity index (χ3v) is 5.76. The van der Waals surface area contributed by atoms with E-state index in [9.17, 15) is 13.2 Å². The van der Waals surface area contributed by atoms with E-state index in [0.29, 0.717) is 29.2 Å². The number of aliphatic imine (C=N–C) groups is 1. The number of anilines is 1. The lowest BCUT2D eigenvalue weighted by atomic mass is 10.1. The molecule has 0 aliphatic heterocycles. The van der Waals surface area contributed by atoms with Gasteiger partial charge in [-0.25, -0.2) is 0 Å². The molecule has 2 heterocycles. The lowest BCUT2D eigenvalue weighted by Gasteiger charge is -2.05. The lowest BCUT2D eigenvalue weighted by molar-refractivity contribution is -0.135. The SMILES string of the molecule is CC.Cc1c(CCCC(F)(F)F)sc(C(C=N)=NCc2cccs2)c1N. The normalized spacial score (nSPS) is 11.8. The number of nitrogens with two attached hydrogens (primary N) is 1. The molecule has 0 bridgehead atoms. The van der Waals surface area contributed by atoms with Crippen molar-refractivity contribution in [3.63, 3.8) is 0 Å². The van der Waals surface area contributed by atoms with Gasteiger partial charge >= 0.3 is 6.18 Å². The van der Waals surface area contributed by atoms with Gasteiger partial charge in [-0.15, -0.1) is 22.7 Å². The van der Waals surface area contributed by atoms with Crippen LogP contribution >= 0.6 is 22.7 Å². The zero-order valence-electron chi connectivity index (χ0n) is 15.1. The van der Waals surface area contributed by atoms with Gasteiger partial charge < -0.3 is 11.1 Å². The van der Waals surface area contributed by atoms with Crippen molar-refractivity contribution in [3.05, 3.63) is 37.7 Å². The number of rotatable bonds is 7. The Balaban J connectivity index is 0.00000163. The predicted octanol–water partition coefficient (Wildman–Crippen LogP) is 6.25. The molecule has 0 atom stereocenters. The fourth-order valence-electron chi connectivity index (χ4n) is 2.20. The van der Waals surface area contributed by atoms with Gasteiger partial charge in [0.2, 0.25) is 0 Å². The van der Waals surface area contributed by atoms with Gasteiger partial charge in [0.15, 0.2) is 0 Å². The minimum Gasteiger partial charge on any atom is -0.397 e. The number of halogens is 3. The molecular weight excluding hydrogens is 379 g/mol. The van der Waals surface area contributed by atoms with Crippen LogP contribution in [0.1, 0.15) is 46.9 Å². The lowest BCUT2D eigenvalue weighted by Crippen LogP contribution is -2.07. The average Bonchev–Trinajstić information content (AvgIpc) is 3.21. The zero-order valence-corrected chi connectivity index (χ0v) is 16.7. The first kappa shape index (κ1) is 22.4. The summed E-state index contributed by atoms with van der Waals surface area (Å²) in [5, 5.41) is 9.53. The molecule has 0 aliphatic rings. The number of hydrogen-bond donors (Lipinski definition) is 2. The minimum absolute atomic E-state index is 0.0377. The molecule has 144 valence electrons. The van der Waals surface area contributed by atoms with E-state index in [2.05, 4.69) is 4.99 Å². The van der Waals surface area contributed by atoms with Gasteiger partial charge in [-0.05, 0) is 36.8 Å². The van der Waals surface area contributed by atoms with Crippen LogP contribution in [0.4, 0.5) is 18.9 Å². The first-order chi connectivity index (χ1) is 12.3. The van der Waals surface area contributed by atoms with E-state index in [1.165, 1.54) is 11.3 Å². The monoisotopic (exact) mass is 403 g/mol. The third-order valence-electron chi connectivity index (χ3n) is 3.51. The van der Waals surface area contributed by atoms with Crippen molar-refractivity contribution in [1.82, 2.24) is 0 Å². The molecule has 0 spiro atoms. The largest absolute Gasteiger partial charge is 0.397 e. The Labute approximate surface area is 160 Å². The second-order valence-electron chi connectivity index (χ2n) is 5.29. The molecule has 0 fully saturated rings. The van der Waals surface area contributed by atoms with Crippen LogP contribution in [0.15, 0.2) is 22.5 Å². The van der Waals surface area contributed by atoms with Crippen LogP contribution in [0.3, 0.4) is 0 Å². The van der Waals surface area contributed by atoms with Crippen LogP contribution in [0.5, 0.6) is 0 Å². The van der Waals surface area contributed by atoms with Crippen LogP contribution in [0.25, 0.3) is 0 Å². The standard InChI is InChI=1S/C16H18F3N3S2.C2H6/c1-10-13(5-2-6-16(17,18)19)24-15(14(10)21)12(8-20)22-9-11-4-3-7-23-11;1-2/h3-4,7-8,20H,2,5-6,9,21H2,1H3;1-2H3. The molecule has 2 aromatic rings. The first-order valence-corrected chi connectivity index (χ1v) is 10.0. The van der Waals surface area contributed by atoms with E-state index in [4.69, 9.17) is 11.1 Å². The summed E-state index contributed by atoms with van der Waals surface area (Å²) in [6.45, 7) is 6.27. The summed E-state index contributed by atoms with van der Waals surface area (Å²) >= 11 is 2.92. The minimum atomic E-state index is -4.14. The van der Waals surface area contributed by atoms with Crippen LogP contribution < -0.4 is 5.73 Å². The van der Waals surface area contributed by atoms with E-state index in [1.54, 1.807) is 18.3 Å². The molecular formula is C18H24F3N3S2. The van der Waals surface area contributed by atoms with Gasteiger partial charge in [0.25, 0.3) is 0 Å². The maximum atomic E-state index is 12.3. The van der Waals surface area contributed by atoms with E-state index < -0.39 is 12.6 Å². The summed E-state index contributed by atoms with van der Waals surface area (Å²) in [6.07, 6.45) is -3.42. The number of nitrogens with one attached hydrogen (secondary N) is 1. The highest BCUT2D eigenvalue weighted by molar-refractivity contribution is 7.15. The molecule has 2 aromatic heterocycles. The Morgan fingerprint density at radius 1 is 1.35 bits per heavy atom. The number of thiophene rings is 2. The van der Waals surface area contributed by atoms with Crippen molar-refractivity contribution >= 4 is 40.3 Å². The number of aryl methyl sites for hydroxylation is 1. The maximum absolute atomic E-state index is 12.3. The fourth-order valence-corrected chi connectivity index (χ4v) is 4.08. The molecule has 0 saturated carbocycles. The van der Waals surface area contributed by atoms with Crippen molar-refractivity contribution < 1.29 is 13.2 Å². The Morgan fingerprint density at radius 3 is 2.58 bits per heavy atom. The van der Waals surface area contributed by atoms with Crippen LogP contribution in [-0.2, 0) is 13.0 Å². The Kier molecular flexibility index (Phi) is 9.01. The number of alkyl halides is 3. The zero-order chi connectivity index (χ0) is 19.7. The number of hydrogen-bond acceptors (Lipinski definition) is 5. The van der Waals surface area contributed by atoms with Gasteiger partial charge in [-0.2, -0.15) is 13.2 Å². The highest BCUT2D eigenvalue weighted by Gasteiger charge is 2.26. The van der Waals surface area contributed by atoms with Crippen LogP contribution in [0.2, 0.25) is 0 Å². The van der Waals surface area contributed by atoms with Gasteiger partial charge in [-0.1, -0.05) is 19.9 Å². The summed E-state index contributed by atoms with van der Waals surface area (Å²) in [5.74, 6) is 0. The molecule has 0 amide bonds. The summed E-state index contributed by atoms with van der Waals surface area (Å²) in [6, 6.07) is 3.89. The van der Waals surface area contributed by atoms with Crippen molar-refractivity contribution in [2.45, 2.75) is 52.8 Å². The van der Waals surface area contributed by atoms with Gasteiger partial charge in [0.1, 0.15) is 0 Å². The smallest absolute Gasteiger partial charge is 0.389 e. The highest BCUT2D eigenvalue weighted by atomic mass is 32.1. The van der Waals surface area contributed by atoms with E-state index in [0.717, 1.165) is 21.5 Å². The topological polar surface area (TPSA) is 62.2 Å². The third kappa shape index (κ3) is 6.57. The Morgan fingerprint density at radius 2 is 2.04 bits per heavy atom. The summed E-state index contributed by atoms with van der Waals surface area (Å²) in [5.41, 5.74) is 7.87.